The van der Waals surface area contributed by atoms with Gasteiger partial charge < -0.3 is 24.8 Å². The SMILES string of the molecule is CCn1cc(C(=O)O)c(=O)c2cnc(N3CCN(C(=S)Nc4ccccc4I)CC3)nc21. The number of aromatic nitrogens is 3. The van der Waals surface area contributed by atoms with E-state index in [9.17, 15) is 14.7 Å². The third-order valence-electron chi connectivity index (χ3n) is 5.34. The Bertz CT molecular complexity index is 1260. The number of hydrogen-bond donors (Lipinski definition) is 2. The highest BCUT2D eigenvalue weighted by atomic mass is 127. The zero-order valence-electron chi connectivity index (χ0n) is 17.3. The maximum atomic E-state index is 12.5. The van der Waals surface area contributed by atoms with Crippen LogP contribution >= 0.6 is 34.8 Å². The van der Waals surface area contributed by atoms with Crippen LogP contribution in [0.4, 0.5) is 11.6 Å². The normalized spacial score (nSPS) is 13.9. The van der Waals surface area contributed by atoms with Crippen LogP contribution in [0, 0.1) is 3.57 Å². The molecule has 0 aliphatic carbocycles. The van der Waals surface area contributed by atoms with Gasteiger partial charge in [-0.1, -0.05) is 12.1 Å². The lowest BCUT2D eigenvalue weighted by Gasteiger charge is -2.36. The van der Waals surface area contributed by atoms with Crippen molar-refractivity contribution in [2.75, 3.05) is 36.4 Å². The number of carbonyl (C=O) groups is 1. The number of thiocarbonyl (C=S) groups is 1. The summed E-state index contributed by atoms with van der Waals surface area (Å²) >= 11 is 7.86. The summed E-state index contributed by atoms with van der Waals surface area (Å²) in [7, 11) is 0. The Hall–Kier alpha value is -2.80. The van der Waals surface area contributed by atoms with Gasteiger partial charge in [0.05, 0.1) is 11.1 Å². The molecule has 1 aliphatic heterocycles. The fourth-order valence-corrected chi connectivity index (χ4v) is 4.39. The smallest absolute Gasteiger partial charge is 0.341 e. The first-order valence-electron chi connectivity index (χ1n) is 10.1. The molecule has 2 N–H and O–H groups in total. The number of nitrogens with one attached hydrogen (secondary N) is 1. The molecule has 1 aromatic carbocycles. The molecule has 4 rings (SSSR count). The van der Waals surface area contributed by atoms with Gasteiger partial charge in [-0.15, -0.1) is 0 Å². The average molecular weight is 564 g/mol. The molecule has 2 aromatic heterocycles. The molecule has 1 saturated heterocycles. The molecule has 0 atom stereocenters. The van der Waals surface area contributed by atoms with E-state index in [1.807, 2.05) is 36.1 Å². The molecule has 1 fully saturated rings. The molecule has 0 unspecified atom stereocenters. The van der Waals surface area contributed by atoms with E-state index >= 15 is 0 Å². The van der Waals surface area contributed by atoms with Crippen molar-refractivity contribution in [3.05, 3.63) is 56.0 Å². The minimum atomic E-state index is -1.26. The van der Waals surface area contributed by atoms with Gasteiger partial charge in [-0.3, -0.25) is 4.79 Å². The van der Waals surface area contributed by atoms with Crippen molar-refractivity contribution in [2.45, 2.75) is 13.5 Å². The maximum Gasteiger partial charge on any atom is 0.341 e. The molecule has 3 heterocycles. The third kappa shape index (κ3) is 4.39. The number of halogens is 1. The van der Waals surface area contributed by atoms with Crippen LogP contribution in [0.25, 0.3) is 11.0 Å². The van der Waals surface area contributed by atoms with E-state index in [-0.39, 0.29) is 10.9 Å². The number of aromatic carboxylic acids is 1. The molecule has 9 nitrogen and oxygen atoms in total. The van der Waals surface area contributed by atoms with Crippen LogP contribution in [-0.4, -0.2) is 61.8 Å². The van der Waals surface area contributed by atoms with Gasteiger partial charge in [-0.05, 0) is 53.9 Å². The Morgan fingerprint density at radius 1 is 1.25 bits per heavy atom. The van der Waals surface area contributed by atoms with Crippen LogP contribution in [0.2, 0.25) is 0 Å². The maximum absolute atomic E-state index is 12.5. The summed E-state index contributed by atoms with van der Waals surface area (Å²) < 4.78 is 2.77. The van der Waals surface area contributed by atoms with Crippen molar-refractivity contribution in [1.29, 1.82) is 0 Å². The number of hydrogen-bond acceptors (Lipinski definition) is 6. The summed E-state index contributed by atoms with van der Waals surface area (Å²) in [5.41, 5.74) is 0.571. The predicted molar refractivity (Wildman–Crippen MR) is 136 cm³/mol. The molecule has 0 amide bonds. The lowest BCUT2D eigenvalue weighted by atomic mass is 10.2. The molecule has 166 valence electrons. The molecule has 0 bridgehead atoms. The van der Waals surface area contributed by atoms with E-state index < -0.39 is 11.4 Å². The third-order valence-corrected chi connectivity index (χ3v) is 6.64. The standard InChI is InChI=1S/C21H21IN6O3S/c1-2-26-12-14(19(30)31)17(29)13-11-23-20(25-18(13)26)27-7-9-28(10-8-27)21(32)24-16-6-4-3-5-15(16)22/h3-6,11-12H,2,7-10H2,1H3,(H,24,32)(H,30,31). The number of pyridine rings is 1. The van der Waals surface area contributed by atoms with Crippen LogP contribution in [0.1, 0.15) is 17.3 Å². The minimum Gasteiger partial charge on any atom is -0.477 e. The number of nitrogens with zero attached hydrogens (tertiary/aromatic N) is 5. The number of benzene rings is 1. The van der Waals surface area contributed by atoms with E-state index in [0.717, 1.165) is 9.26 Å². The molecule has 32 heavy (non-hydrogen) atoms. The number of carboxylic acid groups (broad SMARTS) is 1. The molecular weight excluding hydrogens is 543 g/mol. The number of aryl methyl sites for hydroxylation is 1. The van der Waals surface area contributed by atoms with Gasteiger partial charge in [0.2, 0.25) is 11.4 Å². The van der Waals surface area contributed by atoms with E-state index in [1.54, 1.807) is 4.57 Å². The first kappa shape index (κ1) is 22.4. The highest BCUT2D eigenvalue weighted by molar-refractivity contribution is 14.1. The van der Waals surface area contributed by atoms with Crippen molar-refractivity contribution < 1.29 is 9.90 Å². The highest BCUT2D eigenvalue weighted by Gasteiger charge is 2.23. The molecule has 0 spiro atoms. The van der Waals surface area contributed by atoms with Gasteiger partial charge in [0.25, 0.3) is 0 Å². The van der Waals surface area contributed by atoms with Crippen LogP contribution < -0.4 is 15.6 Å². The predicted octanol–water partition coefficient (Wildman–Crippen LogP) is 2.63. The van der Waals surface area contributed by atoms with E-state index in [0.29, 0.717) is 49.4 Å². The first-order chi connectivity index (χ1) is 15.4. The zero-order chi connectivity index (χ0) is 22.8. The molecular formula is C21H21IN6O3S. The van der Waals surface area contributed by atoms with Gasteiger partial charge in [-0.25, -0.2) is 9.78 Å². The van der Waals surface area contributed by atoms with Crippen molar-refractivity contribution in [1.82, 2.24) is 19.4 Å². The Labute approximate surface area is 203 Å². The quantitative estimate of drug-likeness (QED) is 0.366. The van der Waals surface area contributed by atoms with Gasteiger partial charge in [0.1, 0.15) is 11.2 Å². The fraction of sp³-hybridized carbons (Fsp3) is 0.286. The molecule has 1 aliphatic rings. The number of carboxylic acids is 1. The van der Waals surface area contributed by atoms with Gasteiger partial charge in [0.15, 0.2) is 5.11 Å². The van der Waals surface area contributed by atoms with Crippen molar-refractivity contribution >= 4 is 68.6 Å². The number of rotatable bonds is 4. The molecule has 11 heteroatoms. The van der Waals surface area contributed by atoms with Crippen LogP contribution in [-0.2, 0) is 6.54 Å². The second-order valence-electron chi connectivity index (χ2n) is 7.25. The minimum absolute atomic E-state index is 0.206. The molecule has 0 saturated carbocycles. The Balaban J connectivity index is 1.51. The largest absolute Gasteiger partial charge is 0.477 e. The van der Waals surface area contributed by atoms with Crippen molar-refractivity contribution in [3.8, 4) is 0 Å². The Morgan fingerprint density at radius 2 is 1.97 bits per heavy atom. The summed E-state index contributed by atoms with van der Waals surface area (Å²) in [6.45, 7) is 5.10. The van der Waals surface area contributed by atoms with Crippen molar-refractivity contribution in [3.63, 3.8) is 0 Å². The van der Waals surface area contributed by atoms with Crippen molar-refractivity contribution in [2.24, 2.45) is 0 Å². The summed E-state index contributed by atoms with van der Waals surface area (Å²) in [6, 6.07) is 7.97. The number of piperazine rings is 1. The first-order valence-corrected chi connectivity index (χ1v) is 11.6. The average Bonchev–Trinajstić information content (AvgIpc) is 2.80. The second kappa shape index (κ2) is 9.36. The van der Waals surface area contributed by atoms with Gasteiger partial charge in [-0.2, -0.15) is 4.98 Å². The van der Waals surface area contributed by atoms with Crippen LogP contribution in [0.5, 0.6) is 0 Å². The van der Waals surface area contributed by atoms with Crippen LogP contribution in [0.3, 0.4) is 0 Å². The highest BCUT2D eigenvalue weighted by Crippen LogP contribution is 2.19. The summed E-state index contributed by atoms with van der Waals surface area (Å²) in [6.07, 6.45) is 2.77. The summed E-state index contributed by atoms with van der Waals surface area (Å²) in [5, 5.41) is 13.5. The Kier molecular flexibility index (Phi) is 6.55. The van der Waals surface area contributed by atoms with Gasteiger partial charge >= 0.3 is 5.97 Å². The van der Waals surface area contributed by atoms with Crippen LogP contribution in [0.15, 0.2) is 41.5 Å². The number of anilines is 2. The van der Waals surface area contributed by atoms with Gasteiger partial charge in [0, 0.05) is 48.7 Å². The summed E-state index contributed by atoms with van der Waals surface area (Å²) in [4.78, 5) is 37.0. The topological polar surface area (TPSA) is 104 Å². The zero-order valence-corrected chi connectivity index (χ0v) is 20.3. The lowest BCUT2D eigenvalue weighted by molar-refractivity contribution is 0.0695. The summed E-state index contributed by atoms with van der Waals surface area (Å²) in [5.74, 6) is -0.743. The molecule has 3 aromatic rings. The number of para-hydroxylation sites is 1. The second-order valence-corrected chi connectivity index (χ2v) is 8.80. The molecule has 0 radical (unpaired) electrons. The Morgan fingerprint density at radius 3 is 2.62 bits per heavy atom. The monoisotopic (exact) mass is 564 g/mol. The van der Waals surface area contributed by atoms with E-state index in [1.165, 1.54) is 12.4 Å². The lowest BCUT2D eigenvalue weighted by Crippen LogP contribution is -2.50. The van der Waals surface area contributed by atoms with E-state index in [4.69, 9.17) is 12.2 Å². The number of fused-ring (bicyclic) bond motifs is 1. The fourth-order valence-electron chi connectivity index (χ4n) is 3.58. The van der Waals surface area contributed by atoms with E-state index in [2.05, 4.69) is 42.8 Å².